The van der Waals surface area contributed by atoms with E-state index in [0.717, 1.165) is 70.3 Å². The number of benzene rings is 1. The van der Waals surface area contributed by atoms with Gasteiger partial charge in [0.05, 0.1) is 5.69 Å². The van der Waals surface area contributed by atoms with Crippen LogP contribution >= 0.6 is 24.0 Å². The van der Waals surface area contributed by atoms with E-state index in [2.05, 4.69) is 57.5 Å². The van der Waals surface area contributed by atoms with Gasteiger partial charge in [-0.3, -0.25) is 9.89 Å². The Hall–Kier alpha value is -1.61. The van der Waals surface area contributed by atoms with Crippen molar-refractivity contribution in [1.82, 2.24) is 20.3 Å². The van der Waals surface area contributed by atoms with Crippen molar-refractivity contribution >= 4 is 29.9 Å². The number of piperazine rings is 1. The summed E-state index contributed by atoms with van der Waals surface area (Å²) >= 11 is 0. The van der Waals surface area contributed by atoms with Crippen molar-refractivity contribution in [2.45, 2.75) is 26.3 Å². The Bertz CT molecular complexity index is 654. The lowest BCUT2D eigenvalue weighted by molar-refractivity contribution is 0.169. The number of halogens is 1. The molecule has 0 spiro atoms. The molecular weight excluding hydrogens is 453 g/mol. The van der Waals surface area contributed by atoms with Crippen LogP contribution in [0.15, 0.2) is 52.2 Å². The molecule has 27 heavy (non-hydrogen) atoms. The lowest BCUT2D eigenvalue weighted by Crippen LogP contribution is -2.52. The fraction of sp³-hybridized carbons (Fsp3) is 0.500. The van der Waals surface area contributed by atoms with E-state index in [4.69, 9.17) is 9.52 Å². The van der Waals surface area contributed by atoms with Crippen molar-refractivity contribution in [1.29, 1.82) is 0 Å². The summed E-state index contributed by atoms with van der Waals surface area (Å²) < 4.78 is 4.92. The van der Waals surface area contributed by atoms with E-state index in [9.17, 15) is 0 Å². The molecule has 0 radical (unpaired) electrons. The Kier molecular flexibility index (Phi) is 9.61. The van der Waals surface area contributed by atoms with Crippen molar-refractivity contribution in [2.24, 2.45) is 4.99 Å². The van der Waals surface area contributed by atoms with Crippen molar-refractivity contribution in [3.63, 3.8) is 0 Å². The standard InChI is InChI=1S/C20H29N5O.HI/c1-2-21-20(22-11-6-9-18-7-4-3-5-8-18)25-14-12-24(13-15-25)17-19-10-16-26-23-19;/h3-5,7-8,10,16H,2,6,9,11-15,17H2,1H3,(H,21,22);1H. The third-order valence-electron chi connectivity index (χ3n) is 4.61. The third-order valence-corrected chi connectivity index (χ3v) is 4.61. The van der Waals surface area contributed by atoms with Gasteiger partial charge >= 0.3 is 0 Å². The van der Waals surface area contributed by atoms with Gasteiger partial charge in [-0.15, -0.1) is 24.0 Å². The third kappa shape index (κ3) is 7.14. The van der Waals surface area contributed by atoms with Crippen molar-refractivity contribution in [3.05, 3.63) is 53.9 Å². The highest BCUT2D eigenvalue weighted by molar-refractivity contribution is 14.0. The maximum Gasteiger partial charge on any atom is 0.194 e. The quantitative estimate of drug-likeness (QED) is 0.284. The van der Waals surface area contributed by atoms with Gasteiger partial charge in [0.2, 0.25) is 0 Å². The average Bonchev–Trinajstić information content (AvgIpc) is 3.19. The summed E-state index contributed by atoms with van der Waals surface area (Å²) in [4.78, 5) is 9.61. The molecule has 6 nitrogen and oxygen atoms in total. The molecule has 0 unspecified atom stereocenters. The highest BCUT2D eigenvalue weighted by Gasteiger charge is 2.20. The molecule has 1 aliphatic rings. The predicted molar refractivity (Wildman–Crippen MR) is 120 cm³/mol. The van der Waals surface area contributed by atoms with E-state index < -0.39 is 0 Å². The van der Waals surface area contributed by atoms with Gasteiger partial charge in [-0.2, -0.15) is 0 Å². The molecule has 1 fully saturated rings. The lowest BCUT2D eigenvalue weighted by atomic mass is 10.1. The molecule has 0 saturated carbocycles. The van der Waals surface area contributed by atoms with Gasteiger partial charge in [0.15, 0.2) is 5.96 Å². The van der Waals surface area contributed by atoms with Gasteiger partial charge in [-0.1, -0.05) is 35.5 Å². The normalized spacial score (nSPS) is 15.4. The zero-order valence-electron chi connectivity index (χ0n) is 16.0. The van der Waals surface area contributed by atoms with Gasteiger partial charge in [-0.05, 0) is 25.3 Å². The number of rotatable bonds is 7. The number of nitrogens with zero attached hydrogens (tertiary/aromatic N) is 4. The average molecular weight is 483 g/mol. The molecule has 0 bridgehead atoms. The number of aliphatic imine (C=N–C) groups is 1. The minimum absolute atomic E-state index is 0. The van der Waals surface area contributed by atoms with E-state index in [-0.39, 0.29) is 24.0 Å². The molecule has 1 saturated heterocycles. The van der Waals surface area contributed by atoms with Crippen LogP contribution < -0.4 is 5.32 Å². The zero-order chi connectivity index (χ0) is 18.0. The smallest absolute Gasteiger partial charge is 0.194 e. The summed E-state index contributed by atoms with van der Waals surface area (Å²) in [6.45, 7) is 8.75. The van der Waals surface area contributed by atoms with E-state index in [1.54, 1.807) is 6.26 Å². The topological polar surface area (TPSA) is 56.9 Å². The van der Waals surface area contributed by atoms with Gasteiger partial charge in [-0.25, -0.2) is 0 Å². The molecule has 0 atom stereocenters. The number of nitrogens with one attached hydrogen (secondary N) is 1. The molecule has 1 aromatic carbocycles. The first kappa shape index (κ1) is 21.7. The summed E-state index contributed by atoms with van der Waals surface area (Å²) in [5.74, 6) is 1.04. The first-order valence-corrected chi connectivity index (χ1v) is 9.54. The highest BCUT2D eigenvalue weighted by atomic mass is 127. The van der Waals surface area contributed by atoms with Crippen LogP contribution in [-0.4, -0.2) is 60.2 Å². The zero-order valence-corrected chi connectivity index (χ0v) is 18.3. The fourth-order valence-corrected chi connectivity index (χ4v) is 3.20. The molecule has 1 N–H and O–H groups in total. The van der Waals surface area contributed by atoms with Gasteiger partial charge in [0.1, 0.15) is 6.26 Å². The van der Waals surface area contributed by atoms with E-state index >= 15 is 0 Å². The van der Waals surface area contributed by atoms with Crippen LogP contribution in [0.1, 0.15) is 24.6 Å². The monoisotopic (exact) mass is 483 g/mol. The van der Waals surface area contributed by atoms with Crippen molar-refractivity contribution in [3.8, 4) is 0 Å². The molecule has 1 aliphatic heterocycles. The molecule has 0 aliphatic carbocycles. The minimum Gasteiger partial charge on any atom is -0.364 e. The van der Waals surface area contributed by atoms with Crippen LogP contribution in [-0.2, 0) is 13.0 Å². The summed E-state index contributed by atoms with van der Waals surface area (Å²) in [6.07, 6.45) is 3.79. The number of hydrogen-bond acceptors (Lipinski definition) is 4. The Morgan fingerprint density at radius 3 is 2.59 bits per heavy atom. The van der Waals surface area contributed by atoms with E-state index in [1.807, 2.05) is 6.07 Å². The fourth-order valence-electron chi connectivity index (χ4n) is 3.20. The first-order chi connectivity index (χ1) is 12.8. The second kappa shape index (κ2) is 12.0. The number of aryl methyl sites for hydroxylation is 1. The van der Waals surface area contributed by atoms with Crippen LogP contribution in [0.3, 0.4) is 0 Å². The molecule has 2 aromatic rings. The van der Waals surface area contributed by atoms with Crippen LogP contribution in [0.5, 0.6) is 0 Å². The molecule has 3 rings (SSSR count). The first-order valence-electron chi connectivity index (χ1n) is 9.54. The van der Waals surface area contributed by atoms with Crippen LogP contribution in [0, 0.1) is 0 Å². The van der Waals surface area contributed by atoms with Crippen molar-refractivity contribution < 1.29 is 4.52 Å². The van der Waals surface area contributed by atoms with Gasteiger partial charge < -0.3 is 14.7 Å². The Morgan fingerprint density at radius 1 is 1.15 bits per heavy atom. The number of aromatic nitrogens is 1. The highest BCUT2D eigenvalue weighted by Crippen LogP contribution is 2.08. The Labute approximate surface area is 179 Å². The summed E-state index contributed by atoms with van der Waals surface area (Å²) in [5.41, 5.74) is 2.38. The molecule has 1 aromatic heterocycles. The minimum atomic E-state index is 0. The molecule has 148 valence electrons. The molecule has 0 amide bonds. The molecule has 2 heterocycles. The summed E-state index contributed by atoms with van der Waals surface area (Å²) in [6, 6.07) is 12.6. The van der Waals surface area contributed by atoms with E-state index in [1.165, 1.54) is 5.56 Å². The predicted octanol–water partition coefficient (Wildman–Crippen LogP) is 3.01. The van der Waals surface area contributed by atoms with E-state index in [0.29, 0.717) is 0 Å². The lowest BCUT2D eigenvalue weighted by Gasteiger charge is -2.36. The van der Waals surface area contributed by atoms with Gasteiger partial charge in [0.25, 0.3) is 0 Å². The molecular formula is C20H30IN5O. The largest absolute Gasteiger partial charge is 0.364 e. The Balaban J connectivity index is 0.00000261. The Morgan fingerprint density at radius 2 is 1.93 bits per heavy atom. The number of hydrogen-bond donors (Lipinski definition) is 1. The van der Waals surface area contributed by atoms with Crippen LogP contribution in [0.25, 0.3) is 0 Å². The maximum atomic E-state index is 4.92. The van der Waals surface area contributed by atoms with Crippen molar-refractivity contribution in [2.75, 3.05) is 39.3 Å². The van der Waals surface area contributed by atoms with Gasteiger partial charge in [0, 0.05) is 51.9 Å². The maximum absolute atomic E-state index is 4.92. The SMILES string of the molecule is CCNC(=NCCCc1ccccc1)N1CCN(Cc2ccon2)CC1.I. The second-order valence-electron chi connectivity index (χ2n) is 6.58. The number of guanidine groups is 1. The van der Waals surface area contributed by atoms with Crippen LogP contribution in [0.2, 0.25) is 0 Å². The second-order valence-corrected chi connectivity index (χ2v) is 6.58. The molecule has 7 heteroatoms. The summed E-state index contributed by atoms with van der Waals surface area (Å²) in [7, 11) is 0. The van der Waals surface area contributed by atoms with Crippen LogP contribution in [0.4, 0.5) is 0 Å². The summed E-state index contributed by atoms with van der Waals surface area (Å²) in [5, 5.41) is 7.44.